The maximum Gasteiger partial charge on any atom is 0.241 e. The maximum atomic E-state index is 13.0. The lowest BCUT2D eigenvalue weighted by Gasteiger charge is -2.19. The van der Waals surface area contributed by atoms with E-state index >= 15 is 0 Å². The Morgan fingerprint density at radius 3 is 2.32 bits per heavy atom. The molecule has 0 N–H and O–H groups in total. The average molecular weight is 331 g/mol. The molecule has 6 heteroatoms. The summed E-state index contributed by atoms with van der Waals surface area (Å²) < 4.78 is 0. The monoisotopic (exact) mass is 331 g/mol. The van der Waals surface area contributed by atoms with E-state index in [1.54, 1.807) is 29.7 Å². The second kappa shape index (κ2) is 5.44. The maximum absolute atomic E-state index is 13.0. The molecule has 0 saturated carbocycles. The minimum absolute atomic E-state index is 0.00889. The van der Waals surface area contributed by atoms with Crippen LogP contribution in [0.2, 0.25) is 0 Å². The van der Waals surface area contributed by atoms with E-state index in [1.165, 1.54) is 6.33 Å². The first-order valence-corrected chi connectivity index (χ1v) is 8.01. The normalized spacial score (nSPS) is 15.3. The number of rotatable bonds is 2. The molecule has 0 aliphatic carbocycles. The van der Waals surface area contributed by atoms with E-state index in [4.69, 9.17) is 0 Å². The van der Waals surface area contributed by atoms with Gasteiger partial charge in [0.15, 0.2) is 0 Å². The third-order valence-electron chi connectivity index (χ3n) is 4.57. The van der Waals surface area contributed by atoms with Gasteiger partial charge in [-0.05, 0) is 38.0 Å². The van der Waals surface area contributed by atoms with Crippen LogP contribution in [0.4, 0.5) is 11.4 Å². The zero-order valence-electron chi connectivity index (χ0n) is 14.3. The van der Waals surface area contributed by atoms with Crippen molar-refractivity contribution in [1.29, 1.82) is 0 Å². The third kappa shape index (κ3) is 2.38. The molecule has 0 unspecified atom stereocenters. The Morgan fingerprint density at radius 2 is 1.64 bits per heavy atom. The Balaban J connectivity index is 1.88. The summed E-state index contributed by atoms with van der Waals surface area (Å²) in [6, 6.07) is 6.02. The van der Waals surface area contributed by atoms with E-state index in [2.05, 4.69) is 19.9 Å². The van der Waals surface area contributed by atoms with E-state index in [0.29, 0.717) is 5.69 Å². The van der Waals surface area contributed by atoms with Gasteiger partial charge in [0, 0.05) is 18.0 Å². The molecule has 0 radical (unpaired) electrons. The Morgan fingerprint density at radius 1 is 0.960 bits per heavy atom. The fourth-order valence-corrected chi connectivity index (χ4v) is 3.13. The van der Waals surface area contributed by atoms with Crippen LogP contribution in [0, 0.1) is 6.92 Å². The van der Waals surface area contributed by atoms with Crippen LogP contribution < -0.4 is 4.90 Å². The standard InChI is InChI=1S/C19H17N5O/c1-12-22-7-14(8-23-12)13-4-5-16-17(6-13)24(18(25)19(16,2)3)15-9-20-11-21-10-15/h4-11H,1-3H3. The van der Waals surface area contributed by atoms with Gasteiger partial charge in [-0.3, -0.25) is 9.69 Å². The lowest BCUT2D eigenvalue weighted by atomic mass is 9.85. The molecule has 3 aromatic rings. The minimum atomic E-state index is -0.604. The highest BCUT2D eigenvalue weighted by Crippen LogP contribution is 2.46. The van der Waals surface area contributed by atoms with Crippen molar-refractivity contribution >= 4 is 17.3 Å². The molecule has 6 nitrogen and oxygen atoms in total. The minimum Gasteiger partial charge on any atom is -0.277 e. The van der Waals surface area contributed by atoms with Crippen LogP contribution >= 0.6 is 0 Å². The molecule has 4 rings (SSSR count). The highest BCUT2D eigenvalue weighted by atomic mass is 16.2. The second-order valence-electron chi connectivity index (χ2n) is 6.61. The van der Waals surface area contributed by atoms with Crippen LogP contribution in [0.1, 0.15) is 25.2 Å². The summed E-state index contributed by atoms with van der Waals surface area (Å²) in [4.78, 5) is 31.3. The summed E-state index contributed by atoms with van der Waals surface area (Å²) in [7, 11) is 0. The molecule has 3 heterocycles. The topological polar surface area (TPSA) is 71.9 Å². The first kappa shape index (κ1) is 15.4. The summed E-state index contributed by atoms with van der Waals surface area (Å²) in [5.41, 5.74) is 3.77. The quantitative estimate of drug-likeness (QED) is 0.721. The summed E-state index contributed by atoms with van der Waals surface area (Å²) >= 11 is 0. The summed E-state index contributed by atoms with van der Waals surface area (Å²) in [6.45, 7) is 5.73. The summed E-state index contributed by atoms with van der Waals surface area (Å²) in [5.74, 6) is 0.735. The van der Waals surface area contributed by atoms with Crippen molar-refractivity contribution in [2.75, 3.05) is 4.90 Å². The van der Waals surface area contributed by atoms with E-state index in [-0.39, 0.29) is 5.91 Å². The highest BCUT2D eigenvalue weighted by Gasteiger charge is 2.44. The molecule has 0 fully saturated rings. The van der Waals surface area contributed by atoms with E-state index < -0.39 is 5.41 Å². The number of carbonyl (C=O) groups is 1. The Hall–Kier alpha value is -3.15. The molecule has 124 valence electrons. The fraction of sp³-hybridized carbons (Fsp3) is 0.211. The molecule has 0 saturated heterocycles. The summed E-state index contributed by atoms with van der Waals surface area (Å²) in [5, 5.41) is 0. The average Bonchev–Trinajstić information content (AvgIpc) is 2.82. The molecule has 0 bridgehead atoms. The predicted octanol–water partition coefficient (Wildman–Crippen LogP) is 3.20. The van der Waals surface area contributed by atoms with Gasteiger partial charge < -0.3 is 0 Å². The molecular formula is C19H17N5O. The van der Waals surface area contributed by atoms with E-state index in [9.17, 15) is 4.79 Å². The second-order valence-corrected chi connectivity index (χ2v) is 6.61. The number of aryl methyl sites for hydroxylation is 1. The van der Waals surface area contributed by atoms with Crippen LogP contribution in [0.25, 0.3) is 11.1 Å². The predicted molar refractivity (Wildman–Crippen MR) is 94.4 cm³/mol. The van der Waals surface area contributed by atoms with Crippen molar-refractivity contribution in [3.05, 3.63) is 60.7 Å². The van der Waals surface area contributed by atoms with Crippen molar-refractivity contribution in [2.24, 2.45) is 0 Å². The van der Waals surface area contributed by atoms with Gasteiger partial charge in [-0.1, -0.05) is 12.1 Å². The molecule has 1 aromatic carbocycles. The molecule has 0 atom stereocenters. The molecule has 1 aliphatic heterocycles. The first-order valence-electron chi connectivity index (χ1n) is 8.01. The van der Waals surface area contributed by atoms with E-state index in [1.807, 2.05) is 39.0 Å². The molecule has 25 heavy (non-hydrogen) atoms. The van der Waals surface area contributed by atoms with Crippen LogP contribution in [-0.2, 0) is 10.2 Å². The smallest absolute Gasteiger partial charge is 0.241 e. The Kier molecular flexibility index (Phi) is 3.35. The number of fused-ring (bicyclic) bond motifs is 1. The van der Waals surface area contributed by atoms with Crippen LogP contribution in [0.15, 0.2) is 49.3 Å². The third-order valence-corrected chi connectivity index (χ3v) is 4.57. The fourth-order valence-electron chi connectivity index (χ4n) is 3.13. The van der Waals surface area contributed by atoms with Crippen molar-refractivity contribution in [3.8, 4) is 11.1 Å². The number of hydrogen-bond donors (Lipinski definition) is 0. The van der Waals surface area contributed by atoms with E-state index in [0.717, 1.165) is 28.2 Å². The van der Waals surface area contributed by atoms with Crippen LogP contribution in [0.5, 0.6) is 0 Å². The van der Waals surface area contributed by atoms with Gasteiger partial charge in [0.1, 0.15) is 12.2 Å². The van der Waals surface area contributed by atoms with Crippen LogP contribution in [0.3, 0.4) is 0 Å². The number of carbonyl (C=O) groups excluding carboxylic acids is 1. The number of benzene rings is 1. The zero-order valence-corrected chi connectivity index (χ0v) is 14.3. The molecule has 0 spiro atoms. The van der Waals surface area contributed by atoms with Crippen LogP contribution in [-0.4, -0.2) is 25.8 Å². The Bertz CT molecular complexity index is 951. The van der Waals surface area contributed by atoms with Crippen molar-refractivity contribution in [3.63, 3.8) is 0 Å². The van der Waals surface area contributed by atoms with Crippen molar-refractivity contribution in [1.82, 2.24) is 19.9 Å². The number of aromatic nitrogens is 4. The zero-order chi connectivity index (χ0) is 17.6. The lowest BCUT2D eigenvalue weighted by molar-refractivity contribution is -0.121. The Labute approximate surface area is 145 Å². The molecule has 1 aliphatic rings. The number of amides is 1. The van der Waals surface area contributed by atoms with Crippen molar-refractivity contribution in [2.45, 2.75) is 26.2 Å². The number of anilines is 2. The van der Waals surface area contributed by atoms with Gasteiger partial charge in [-0.25, -0.2) is 19.9 Å². The van der Waals surface area contributed by atoms with Gasteiger partial charge in [-0.15, -0.1) is 0 Å². The summed E-state index contributed by atoms with van der Waals surface area (Å²) in [6.07, 6.45) is 8.34. The number of hydrogen-bond acceptors (Lipinski definition) is 5. The number of nitrogens with zero attached hydrogens (tertiary/aromatic N) is 5. The lowest BCUT2D eigenvalue weighted by Crippen LogP contribution is -2.33. The first-order chi connectivity index (χ1) is 12.0. The van der Waals surface area contributed by atoms with Gasteiger partial charge >= 0.3 is 0 Å². The largest absolute Gasteiger partial charge is 0.277 e. The SMILES string of the molecule is Cc1ncc(-c2ccc3c(c2)N(c2cncnc2)C(=O)C3(C)C)cn1. The van der Waals surface area contributed by atoms with Gasteiger partial charge in [-0.2, -0.15) is 0 Å². The van der Waals surface area contributed by atoms with Gasteiger partial charge in [0.2, 0.25) is 5.91 Å². The molecular weight excluding hydrogens is 314 g/mol. The molecule has 1 amide bonds. The van der Waals surface area contributed by atoms with Gasteiger partial charge in [0.25, 0.3) is 0 Å². The van der Waals surface area contributed by atoms with Crippen molar-refractivity contribution < 1.29 is 4.79 Å². The molecule has 2 aromatic heterocycles. The highest BCUT2D eigenvalue weighted by molar-refractivity contribution is 6.12. The van der Waals surface area contributed by atoms with Gasteiger partial charge in [0.05, 0.1) is 29.2 Å².